The van der Waals surface area contributed by atoms with E-state index in [0.717, 1.165) is 11.1 Å². The number of amides is 2. The van der Waals surface area contributed by atoms with Gasteiger partial charge < -0.3 is 15.7 Å². The highest BCUT2D eigenvalue weighted by molar-refractivity contribution is 5.96. The number of carboxylic acids is 1. The summed E-state index contributed by atoms with van der Waals surface area (Å²) in [5.74, 6) is -2.06. The fraction of sp³-hybridized carbons (Fsp3) is 0.318. The van der Waals surface area contributed by atoms with Crippen LogP contribution in [0.1, 0.15) is 42.3 Å². The van der Waals surface area contributed by atoms with Crippen molar-refractivity contribution < 1.29 is 19.5 Å². The molecule has 2 aromatic rings. The topological polar surface area (TPSA) is 95.5 Å². The summed E-state index contributed by atoms with van der Waals surface area (Å²) in [5.41, 5.74) is 2.41. The van der Waals surface area contributed by atoms with Crippen LogP contribution < -0.4 is 10.6 Å². The molecule has 6 nitrogen and oxygen atoms in total. The fourth-order valence-electron chi connectivity index (χ4n) is 2.67. The van der Waals surface area contributed by atoms with Crippen molar-refractivity contribution in [2.75, 3.05) is 6.54 Å². The second-order valence-electron chi connectivity index (χ2n) is 7.66. The number of hydrogen-bond acceptors (Lipinski definition) is 3. The summed E-state index contributed by atoms with van der Waals surface area (Å²) in [6.07, 6.45) is 0.165. The van der Waals surface area contributed by atoms with Crippen LogP contribution in [0.2, 0.25) is 0 Å². The van der Waals surface area contributed by atoms with Gasteiger partial charge in [-0.1, -0.05) is 63.2 Å². The van der Waals surface area contributed by atoms with E-state index in [1.54, 1.807) is 30.3 Å². The highest BCUT2D eigenvalue weighted by Gasteiger charge is 2.21. The molecule has 0 aromatic heterocycles. The van der Waals surface area contributed by atoms with Gasteiger partial charge in [0.15, 0.2) is 0 Å². The Bertz CT molecular complexity index is 824. The van der Waals surface area contributed by atoms with E-state index < -0.39 is 17.9 Å². The summed E-state index contributed by atoms with van der Waals surface area (Å²) in [6.45, 7) is 6.02. The van der Waals surface area contributed by atoms with Crippen LogP contribution in [-0.4, -0.2) is 35.5 Å². The van der Waals surface area contributed by atoms with E-state index in [1.165, 1.54) is 0 Å². The van der Waals surface area contributed by atoms with Crippen molar-refractivity contribution in [2.24, 2.45) is 0 Å². The Labute approximate surface area is 165 Å². The minimum Gasteiger partial charge on any atom is -0.480 e. The second kappa shape index (κ2) is 9.17. The third-order valence-electron chi connectivity index (χ3n) is 4.34. The van der Waals surface area contributed by atoms with Gasteiger partial charge in [-0.2, -0.15) is 0 Å². The predicted molar refractivity (Wildman–Crippen MR) is 107 cm³/mol. The highest BCUT2D eigenvalue weighted by atomic mass is 16.4. The molecule has 0 aliphatic rings. The van der Waals surface area contributed by atoms with Crippen LogP contribution in [0.5, 0.6) is 0 Å². The number of carbonyl (C=O) groups excluding carboxylic acids is 2. The molecule has 2 aromatic carbocycles. The maximum absolute atomic E-state index is 12.1. The normalized spacial score (nSPS) is 12.1. The van der Waals surface area contributed by atoms with Crippen LogP contribution in [0.4, 0.5) is 0 Å². The Morgan fingerprint density at radius 2 is 1.57 bits per heavy atom. The Balaban J connectivity index is 1.92. The molecule has 0 radical (unpaired) electrons. The van der Waals surface area contributed by atoms with E-state index in [0.29, 0.717) is 5.56 Å². The zero-order valence-corrected chi connectivity index (χ0v) is 16.4. The van der Waals surface area contributed by atoms with Crippen LogP contribution >= 0.6 is 0 Å². The molecule has 0 fully saturated rings. The molecule has 0 bridgehead atoms. The van der Waals surface area contributed by atoms with Gasteiger partial charge in [-0.05, 0) is 28.7 Å². The molecule has 0 unspecified atom stereocenters. The third kappa shape index (κ3) is 6.23. The Hall–Kier alpha value is -3.15. The highest BCUT2D eigenvalue weighted by Crippen LogP contribution is 2.22. The van der Waals surface area contributed by atoms with Crippen LogP contribution in [0, 0.1) is 0 Å². The van der Waals surface area contributed by atoms with Crippen molar-refractivity contribution >= 4 is 17.8 Å². The standard InChI is InChI=1S/C22H26N2O4/c1-22(2,3)17-11-9-15(10-12-17)13-18(21(27)28)24-19(25)14-23-20(26)16-7-5-4-6-8-16/h4-12,18H,13-14H2,1-3H3,(H,23,26)(H,24,25)(H,27,28)/t18-/m0/s1. The van der Waals surface area contributed by atoms with E-state index in [-0.39, 0.29) is 24.3 Å². The molecular formula is C22H26N2O4. The average molecular weight is 382 g/mol. The lowest BCUT2D eigenvalue weighted by Crippen LogP contribution is -2.46. The zero-order chi connectivity index (χ0) is 20.7. The molecule has 6 heteroatoms. The molecule has 0 heterocycles. The van der Waals surface area contributed by atoms with Crippen molar-refractivity contribution in [3.8, 4) is 0 Å². The lowest BCUT2D eigenvalue weighted by atomic mass is 9.86. The maximum Gasteiger partial charge on any atom is 0.326 e. The minimum absolute atomic E-state index is 0.00983. The van der Waals surface area contributed by atoms with Gasteiger partial charge in [0.25, 0.3) is 5.91 Å². The Morgan fingerprint density at radius 1 is 0.964 bits per heavy atom. The number of benzene rings is 2. The first kappa shape index (κ1) is 21.2. The van der Waals surface area contributed by atoms with E-state index in [1.807, 2.05) is 24.3 Å². The van der Waals surface area contributed by atoms with Gasteiger partial charge in [0, 0.05) is 12.0 Å². The monoisotopic (exact) mass is 382 g/mol. The minimum atomic E-state index is -1.12. The van der Waals surface area contributed by atoms with E-state index in [9.17, 15) is 19.5 Å². The van der Waals surface area contributed by atoms with Gasteiger partial charge in [0.05, 0.1) is 6.54 Å². The van der Waals surface area contributed by atoms with Crippen LogP contribution in [0.15, 0.2) is 54.6 Å². The predicted octanol–water partition coefficient (Wildman–Crippen LogP) is 2.53. The SMILES string of the molecule is CC(C)(C)c1ccc(C[C@H](NC(=O)CNC(=O)c2ccccc2)C(=O)O)cc1. The molecule has 0 saturated heterocycles. The van der Waals surface area contributed by atoms with Crippen LogP contribution in [0.25, 0.3) is 0 Å². The second-order valence-corrected chi connectivity index (χ2v) is 7.66. The summed E-state index contributed by atoms with van der Waals surface area (Å²) < 4.78 is 0. The summed E-state index contributed by atoms with van der Waals surface area (Å²) >= 11 is 0. The average Bonchev–Trinajstić information content (AvgIpc) is 2.66. The number of hydrogen-bond donors (Lipinski definition) is 3. The number of carboxylic acid groups (broad SMARTS) is 1. The lowest BCUT2D eigenvalue weighted by molar-refractivity contribution is -0.141. The van der Waals surface area contributed by atoms with E-state index in [2.05, 4.69) is 31.4 Å². The summed E-state index contributed by atoms with van der Waals surface area (Å²) in [4.78, 5) is 35.6. The number of rotatable bonds is 7. The zero-order valence-electron chi connectivity index (χ0n) is 16.4. The van der Waals surface area contributed by atoms with Gasteiger partial charge in [-0.25, -0.2) is 4.79 Å². The molecule has 0 aliphatic heterocycles. The quantitative estimate of drug-likeness (QED) is 0.686. The lowest BCUT2D eigenvalue weighted by Gasteiger charge is -2.20. The van der Waals surface area contributed by atoms with Crippen molar-refractivity contribution in [3.63, 3.8) is 0 Å². The molecule has 1 atom stereocenters. The number of carbonyl (C=O) groups is 3. The fourth-order valence-corrected chi connectivity index (χ4v) is 2.67. The third-order valence-corrected chi connectivity index (χ3v) is 4.34. The van der Waals surface area contributed by atoms with Crippen molar-refractivity contribution in [3.05, 3.63) is 71.3 Å². The van der Waals surface area contributed by atoms with Gasteiger partial charge in [-0.3, -0.25) is 9.59 Å². The van der Waals surface area contributed by atoms with Crippen molar-refractivity contribution in [2.45, 2.75) is 38.6 Å². The maximum atomic E-state index is 12.1. The molecule has 28 heavy (non-hydrogen) atoms. The molecule has 0 spiro atoms. The Kier molecular flexibility index (Phi) is 6.93. The van der Waals surface area contributed by atoms with Crippen molar-refractivity contribution in [1.82, 2.24) is 10.6 Å². The van der Waals surface area contributed by atoms with Crippen LogP contribution in [-0.2, 0) is 21.4 Å². The van der Waals surface area contributed by atoms with E-state index >= 15 is 0 Å². The molecule has 0 aliphatic carbocycles. The largest absolute Gasteiger partial charge is 0.480 e. The van der Waals surface area contributed by atoms with Crippen molar-refractivity contribution in [1.29, 1.82) is 0 Å². The Morgan fingerprint density at radius 3 is 2.11 bits per heavy atom. The molecular weight excluding hydrogens is 356 g/mol. The molecule has 0 saturated carbocycles. The summed E-state index contributed by atoms with van der Waals surface area (Å²) in [5, 5.41) is 14.4. The first-order chi connectivity index (χ1) is 13.2. The van der Waals surface area contributed by atoms with Gasteiger partial charge >= 0.3 is 5.97 Å². The number of nitrogens with one attached hydrogen (secondary N) is 2. The smallest absolute Gasteiger partial charge is 0.326 e. The molecule has 148 valence electrons. The van der Waals surface area contributed by atoms with Gasteiger partial charge in [0.2, 0.25) is 5.91 Å². The summed E-state index contributed by atoms with van der Waals surface area (Å²) in [6, 6.07) is 15.1. The molecule has 2 amide bonds. The van der Waals surface area contributed by atoms with Gasteiger partial charge in [-0.15, -0.1) is 0 Å². The molecule has 3 N–H and O–H groups in total. The first-order valence-corrected chi connectivity index (χ1v) is 9.11. The van der Waals surface area contributed by atoms with Gasteiger partial charge in [0.1, 0.15) is 6.04 Å². The first-order valence-electron chi connectivity index (χ1n) is 9.11. The molecule has 2 rings (SSSR count). The van der Waals surface area contributed by atoms with Crippen LogP contribution in [0.3, 0.4) is 0 Å². The number of aliphatic carboxylic acids is 1. The van der Waals surface area contributed by atoms with E-state index in [4.69, 9.17) is 0 Å². The summed E-state index contributed by atoms with van der Waals surface area (Å²) in [7, 11) is 0.